The molecule has 1 aliphatic rings. The molecule has 15 heavy (non-hydrogen) atoms. The van der Waals surface area contributed by atoms with Gasteiger partial charge in [-0.3, -0.25) is 4.79 Å². The van der Waals surface area contributed by atoms with Gasteiger partial charge in [-0.2, -0.15) is 11.8 Å². The maximum atomic E-state index is 11.6. The predicted octanol–water partition coefficient (Wildman–Crippen LogP) is 1.37. The van der Waals surface area contributed by atoms with Crippen LogP contribution in [-0.2, 0) is 4.79 Å². The van der Waals surface area contributed by atoms with Crippen LogP contribution in [0.2, 0.25) is 0 Å². The molecule has 88 valence electrons. The number of hydrogen-bond acceptors (Lipinski definition) is 3. The molecule has 2 unspecified atom stereocenters. The molecule has 1 fully saturated rings. The van der Waals surface area contributed by atoms with Crippen LogP contribution in [0.25, 0.3) is 0 Å². The number of rotatable bonds is 6. The van der Waals surface area contributed by atoms with Crippen LogP contribution < -0.4 is 11.1 Å². The van der Waals surface area contributed by atoms with Gasteiger partial charge in [-0.25, -0.2) is 0 Å². The van der Waals surface area contributed by atoms with Crippen molar-refractivity contribution in [2.24, 2.45) is 11.7 Å². The number of thioether (sulfide) groups is 1. The highest BCUT2D eigenvalue weighted by Gasteiger charge is 2.18. The van der Waals surface area contributed by atoms with Crippen LogP contribution in [0, 0.1) is 5.92 Å². The summed E-state index contributed by atoms with van der Waals surface area (Å²) < 4.78 is 0. The molecule has 0 aromatic rings. The van der Waals surface area contributed by atoms with Crippen molar-refractivity contribution in [3.05, 3.63) is 0 Å². The molecule has 3 nitrogen and oxygen atoms in total. The second-order valence-corrected chi connectivity index (χ2v) is 5.37. The number of unbranched alkanes of at least 4 members (excludes halogenated alkanes) is 1. The number of nitrogens with two attached hydrogens (primary N) is 1. The molecule has 0 radical (unpaired) electrons. The largest absolute Gasteiger partial charge is 0.354 e. The molecule has 2 atom stereocenters. The first-order valence-electron chi connectivity index (χ1n) is 5.85. The molecular formula is C11H22N2OS. The molecule has 0 aromatic heterocycles. The first-order chi connectivity index (χ1) is 7.24. The van der Waals surface area contributed by atoms with Crippen LogP contribution in [0.5, 0.6) is 0 Å². The molecule has 0 aromatic carbocycles. The van der Waals surface area contributed by atoms with Crippen molar-refractivity contribution >= 4 is 17.7 Å². The molecule has 0 spiro atoms. The van der Waals surface area contributed by atoms with E-state index in [0.29, 0.717) is 5.92 Å². The molecule has 1 saturated heterocycles. The molecule has 1 aliphatic heterocycles. The van der Waals surface area contributed by atoms with E-state index in [9.17, 15) is 4.79 Å². The van der Waals surface area contributed by atoms with Gasteiger partial charge < -0.3 is 11.1 Å². The van der Waals surface area contributed by atoms with Crippen LogP contribution in [-0.4, -0.2) is 30.0 Å². The first kappa shape index (κ1) is 12.8. The highest BCUT2D eigenvalue weighted by Crippen LogP contribution is 2.22. The predicted molar refractivity (Wildman–Crippen MR) is 65.9 cm³/mol. The van der Waals surface area contributed by atoms with E-state index in [1.807, 2.05) is 11.8 Å². The van der Waals surface area contributed by atoms with Crippen molar-refractivity contribution in [2.75, 3.05) is 18.1 Å². The normalized spacial score (nSPS) is 22.7. The van der Waals surface area contributed by atoms with Gasteiger partial charge in [-0.15, -0.1) is 0 Å². The fraction of sp³-hybridized carbons (Fsp3) is 0.909. The smallest absolute Gasteiger partial charge is 0.236 e. The quantitative estimate of drug-likeness (QED) is 0.724. The summed E-state index contributed by atoms with van der Waals surface area (Å²) in [6.45, 7) is 2.92. The van der Waals surface area contributed by atoms with Gasteiger partial charge in [0.1, 0.15) is 0 Å². The summed E-state index contributed by atoms with van der Waals surface area (Å²) in [5, 5.41) is 2.96. The number of amides is 1. The number of carbonyl (C=O) groups excluding carboxylic acids is 1. The molecule has 1 amide bonds. The lowest BCUT2D eigenvalue weighted by atomic mass is 10.1. The monoisotopic (exact) mass is 230 g/mol. The van der Waals surface area contributed by atoms with Crippen LogP contribution in [0.1, 0.15) is 32.6 Å². The molecular weight excluding hydrogens is 208 g/mol. The Morgan fingerprint density at radius 3 is 3.07 bits per heavy atom. The Balaban J connectivity index is 2.11. The Kier molecular flexibility index (Phi) is 6.10. The van der Waals surface area contributed by atoms with Crippen molar-refractivity contribution < 1.29 is 4.79 Å². The Morgan fingerprint density at radius 1 is 1.67 bits per heavy atom. The van der Waals surface area contributed by atoms with Gasteiger partial charge in [0.2, 0.25) is 5.91 Å². The minimum absolute atomic E-state index is 0.0281. The second kappa shape index (κ2) is 7.12. The third-order valence-electron chi connectivity index (χ3n) is 2.79. The van der Waals surface area contributed by atoms with E-state index in [1.54, 1.807) is 0 Å². The summed E-state index contributed by atoms with van der Waals surface area (Å²) in [7, 11) is 0. The highest BCUT2D eigenvalue weighted by atomic mass is 32.2. The fourth-order valence-electron chi connectivity index (χ4n) is 1.68. The van der Waals surface area contributed by atoms with Gasteiger partial charge in [0.25, 0.3) is 0 Å². The average molecular weight is 230 g/mol. The van der Waals surface area contributed by atoms with E-state index in [0.717, 1.165) is 25.8 Å². The fourth-order valence-corrected chi connectivity index (χ4v) is 2.96. The van der Waals surface area contributed by atoms with Gasteiger partial charge in [-0.05, 0) is 30.3 Å². The zero-order chi connectivity index (χ0) is 11.1. The highest BCUT2D eigenvalue weighted by molar-refractivity contribution is 7.99. The van der Waals surface area contributed by atoms with E-state index < -0.39 is 0 Å². The van der Waals surface area contributed by atoms with E-state index >= 15 is 0 Å². The van der Waals surface area contributed by atoms with Crippen molar-refractivity contribution in [1.29, 1.82) is 0 Å². The zero-order valence-electron chi connectivity index (χ0n) is 9.50. The second-order valence-electron chi connectivity index (χ2n) is 4.22. The lowest BCUT2D eigenvalue weighted by Gasteiger charge is -2.14. The standard InChI is InChI=1S/C11H22N2OS/c1-2-3-4-10(12)11(14)13-7-9-5-6-15-8-9/h9-10H,2-8,12H2,1H3,(H,13,14). The van der Waals surface area contributed by atoms with Crippen LogP contribution in [0.3, 0.4) is 0 Å². The van der Waals surface area contributed by atoms with E-state index in [2.05, 4.69) is 12.2 Å². The van der Waals surface area contributed by atoms with Crippen molar-refractivity contribution in [3.63, 3.8) is 0 Å². The summed E-state index contributed by atoms with van der Waals surface area (Å²) >= 11 is 1.97. The van der Waals surface area contributed by atoms with Crippen molar-refractivity contribution in [1.82, 2.24) is 5.32 Å². The van der Waals surface area contributed by atoms with Gasteiger partial charge in [0.15, 0.2) is 0 Å². The minimum Gasteiger partial charge on any atom is -0.354 e. The minimum atomic E-state index is -0.306. The Bertz CT molecular complexity index is 193. The summed E-state index contributed by atoms with van der Waals surface area (Å²) in [6.07, 6.45) is 4.17. The SMILES string of the molecule is CCCCC(N)C(=O)NCC1CCSC1. The average Bonchev–Trinajstić information content (AvgIpc) is 2.75. The topological polar surface area (TPSA) is 55.1 Å². The summed E-state index contributed by atoms with van der Waals surface area (Å²) in [4.78, 5) is 11.6. The van der Waals surface area contributed by atoms with Gasteiger partial charge in [0.05, 0.1) is 6.04 Å². The molecule has 4 heteroatoms. The molecule has 0 aliphatic carbocycles. The Hall–Kier alpha value is -0.220. The molecule has 3 N–H and O–H groups in total. The van der Waals surface area contributed by atoms with Crippen LogP contribution in [0.15, 0.2) is 0 Å². The van der Waals surface area contributed by atoms with Crippen molar-refractivity contribution in [3.8, 4) is 0 Å². The Labute approximate surface area is 96.6 Å². The van der Waals surface area contributed by atoms with Crippen molar-refractivity contribution in [2.45, 2.75) is 38.6 Å². The third kappa shape index (κ3) is 4.89. The van der Waals surface area contributed by atoms with Crippen LogP contribution >= 0.6 is 11.8 Å². The van der Waals surface area contributed by atoms with E-state index in [4.69, 9.17) is 5.73 Å². The van der Waals surface area contributed by atoms with E-state index in [1.165, 1.54) is 17.9 Å². The lowest BCUT2D eigenvalue weighted by molar-refractivity contribution is -0.122. The maximum absolute atomic E-state index is 11.6. The third-order valence-corrected chi connectivity index (χ3v) is 4.03. The van der Waals surface area contributed by atoms with Gasteiger partial charge in [-0.1, -0.05) is 19.8 Å². The first-order valence-corrected chi connectivity index (χ1v) is 7.00. The lowest BCUT2D eigenvalue weighted by Crippen LogP contribution is -2.42. The molecule has 0 bridgehead atoms. The number of nitrogens with one attached hydrogen (secondary N) is 1. The zero-order valence-corrected chi connectivity index (χ0v) is 10.3. The molecule has 0 saturated carbocycles. The maximum Gasteiger partial charge on any atom is 0.236 e. The van der Waals surface area contributed by atoms with Crippen LogP contribution in [0.4, 0.5) is 0 Å². The summed E-state index contributed by atoms with van der Waals surface area (Å²) in [6, 6.07) is -0.306. The number of hydrogen-bond donors (Lipinski definition) is 2. The van der Waals surface area contributed by atoms with E-state index in [-0.39, 0.29) is 11.9 Å². The summed E-state index contributed by atoms with van der Waals surface area (Å²) in [5.41, 5.74) is 5.77. The van der Waals surface area contributed by atoms with Gasteiger partial charge in [0, 0.05) is 6.54 Å². The molecule has 1 heterocycles. The summed E-state index contributed by atoms with van der Waals surface area (Å²) in [5.74, 6) is 3.12. The number of carbonyl (C=O) groups is 1. The molecule has 1 rings (SSSR count). The Morgan fingerprint density at radius 2 is 2.47 bits per heavy atom. The van der Waals surface area contributed by atoms with Gasteiger partial charge >= 0.3 is 0 Å².